The van der Waals surface area contributed by atoms with Crippen molar-refractivity contribution in [2.45, 2.75) is 6.54 Å². The minimum absolute atomic E-state index is 0.150. The number of aromatic nitrogens is 2. The number of likely N-dealkylation sites (N-methyl/N-ethyl adjacent to an activating group) is 1. The SMILES string of the molecule is CN(C)CCNC(=O)c1nn(Cc2cccc(Cl)c2)c2ccccc12. The van der Waals surface area contributed by atoms with E-state index < -0.39 is 0 Å². The molecule has 3 aromatic rings. The Bertz CT molecular complexity index is 888. The number of amides is 1. The van der Waals surface area contributed by atoms with Crippen molar-refractivity contribution in [1.82, 2.24) is 20.0 Å². The largest absolute Gasteiger partial charge is 0.349 e. The Morgan fingerprint density at radius 3 is 2.76 bits per heavy atom. The van der Waals surface area contributed by atoms with Crippen molar-refractivity contribution in [1.29, 1.82) is 0 Å². The van der Waals surface area contributed by atoms with Gasteiger partial charge in [-0.2, -0.15) is 5.10 Å². The van der Waals surface area contributed by atoms with Crippen molar-refractivity contribution in [3.63, 3.8) is 0 Å². The average molecular weight is 357 g/mol. The zero-order valence-corrected chi connectivity index (χ0v) is 15.1. The molecule has 0 saturated carbocycles. The number of carbonyl (C=O) groups excluding carboxylic acids is 1. The minimum Gasteiger partial charge on any atom is -0.349 e. The summed E-state index contributed by atoms with van der Waals surface area (Å²) < 4.78 is 1.85. The number of nitrogens with one attached hydrogen (secondary N) is 1. The van der Waals surface area contributed by atoms with Gasteiger partial charge in [0.2, 0.25) is 0 Å². The molecule has 0 aliphatic rings. The molecule has 5 nitrogen and oxygen atoms in total. The van der Waals surface area contributed by atoms with Crippen LogP contribution in [0.4, 0.5) is 0 Å². The van der Waals surface area contributed by atoms with Gasteiger partial charge in [-0.3, -0.25) is 9.48 Å². The monoisotopic (exact) mass is 356 g/mol. The fourth-order valence-corrected chi connectivity index (χ4v) is 2.91. The number of carbonyl (C=O) groups is 1. The van der Waals surface area contributed by atoms with Crippen molar-refractivity contribution >= 4 is 28.4 Å². The van der Waals surface area contributed by atoms with Gasteiger partial charge >= 0.3 is 0 Å². The lowest BCUT2D eigenvalue weighted by Gasteiger charge is -2.09. The van der Waals surface area contributed by atoms with Crippen LogP contribution in [0.5, 0.6) is 0 Å². The van der Waals surface area contributed by atoms with Gasteiger partial charge in [-0.25, -0.2) is 0 Å². The van der Waals surface area contributed by atoms with E-state index in [1.54, 1.807) is 0 Å². The maximum atomic E-state index is 12.5. The molecule has 2 aromatic carbocycles. The van der Waals surface area contributed by atoms with Crippen LogP contribution < -0.4 is 5.32 Å². The second-order valence-corrected chi connectivity index (χ2v) is 6.65. The molecule has 6 heteroatoms. The summed E-state index contributed by atoms with van der Waals surface area (Å²) in [7, 11) is 3.95. The van der Waals surface area contributed by atoms with Gasteiger partial charge in [-0.1, -0.05) is 41.9 Å². The third-order valence-corrected chi connectivity index (χ3v) is 4.17. The fraction of sp³-hybridized carbons (Fsp3) is 0.263. The van der Waals surface area contributed by atoms with Crippen LogP contribution in [0.3, 0.4) is 0 Å². The molecular weight excluding hydrogens is 336 g/mol. The number of fused-ring (bicyclic) bond motifs is 1. The topological polar surface area (TPSA) is 50.2 Å². The van der Waals surface area contributed by atoms with Gasteiger partial charge in [0.15, 0.2) is 5.69 Å². The van der Waals surface area contributed by atoms with E-state index >= 15 is 0 Å². The molecule has 1 N–H and O–H groups in total. The Kier molecular flexibility index (Phi) is 5.36. The molecule has 1 heterocycles. The summed E-state index contributed by atoms with van der Waals surface area (Å²) in [6.07, 6.45) is 0. The lowest BCUT2D eigenvalue weighted by Crippen LogP contribution is -2.31. The van der Waals surface area contributed by atoms with Gasteiger partial charge in [-0.15, -0.1) is 0 Å². The van der Waals surface area contributed by atoms with E-state index in [0.29, 0.717) is 23.8 Å². The third-order valence-electron chi connectivity index (χ3n) is 3.94. The molecule has 0 atom stereocenters. The van der Waals surface area contributed by atoms with Gasteiger partial charge in [-0.05, 0) is 37.9 Å². The van der Waals surface area contributed by atoms with Crippen LogP contribution in [0.15, 0.2) is 48.5 Å². The summed E-state index contributed by atoms with van der Waals surface area (Å²) >= 11 is 6.07. The lowest BCUT2D eigenvalue weighted by atomic mass is 10.2. The number of halogens is 1. The zero-order valence-electron chi connectivity index (χ0n) is 14.4. The number of hydrogen-bond acceptors (Lipinski definition) is 3. The number of rotatable bonds is 6. The fourth-order valence-electron chi connectivity index (χ4n) is 2.70. The molecule has 0 unspecified atom stereocenters. The second-order valence-electron chi connectivity index (χ2n) is 6.21. The van der Waals surface area contributed by atoms with Crippen LogP contribution >= 0.6 is 11.6 Å². The highest BCUT2D eigenvalue weighted by Crippen LogP contribution is 2.20. The number of hydrogen-bond donors (Lipinski definition) is 1. The maximum absolute atomic E-state index is 12.5. The van der Waals surface area contributed by atoms with Crippen molar-refractivity contribution < 1.29 is 4.79 Å². The van der Waals surface area contributed by atoms with Crippen LogP contribution in [0.2, 0.25) is 5.02 Å². The van der Waals surface area contributed by atoms with Crippen LogP contribution in [0.25, 0.3) is 10.9 Å². The predicted molar refractivity (Wildman–Crippen MR) is 101 cm³/mol. The highest BCUT2D eigenvalue weighted by atomic mass is 35.5. The van der Waals surface area contributed by atoms with E-state index in [1.807, 2.05) is 72.2 Å². The number of nitrogens with zero attached hydrogens (tertiary/aromatic N) is 3. The molecule has 0 aliphatic heterocycles. The first-order valence-electron chi connectivity index (χ1n) is 8.17. The molecule has 0 bridgehead atoms. The van der Waals surface area contributed by atoms with Gasteiger partial charge in [0.05, 0.1) is 12.1 Å². The summed E-state index contributed by atoms with van der Waals surface area (Å²) in [6, 6.07) is 15.4. The van der Waals surface area contributed by atoms with E-state index in [1.165, 1.54) is 0 Å². The second kappa shape index (κ2) is 7.68. The highest BCUT2D eigenvalue weighted by Gasteiger charge is 2.16. The summed E-state index contributed by atoms with van der Waals surface area (Å²) in [4.78, 5) is 14.6. The molecule has 130 valence electrons. The number of benzene rings is 2. The Morgan fingerprint density at radius 2 is 2.00 bits per heavy atom. The first kappa shape index (κ1) is 17.5. The van der Waals surface area contributed by atoms with Crippen molar-refractivity contribution in [2.24, 2.45) is 0 Å². The van der Waals surface area contributed by atoms with Crippen LogP contribution in [0.1, 0.15) is 16.1 Å². The normalized spacial score (nSPS) is 11.2. The predicted octanol–water partition coefficient (Wildman–Crippen LogP) is 3.03. The van der Waals surface area contributed by atoms with Crippen LogP contribution in [0, 0.1) is 0 Å². The molecule has 0 fully saturated rings. The van der Waals surface area contributed by atoms with Crippen LogP contribution in [-0.4, -0.2) is 47.8 Å². The van der Waals surface area contributed by atoms with E-state index in [9.17, 15) is 4.79 Å². The molecule has 25 heavy (non-hydrogen) atoms. The molecule has 0 radical (unpaired) electrons. The van der Waals surface area contributed by atoms with Gasteiger partial charge in [0.25, 0.3) is 5.91 Å². The molecule has 0 spiro atoms. The van der Waals surface area contributed by atoms with Crippen LogP contribution in [-0.2, 0) is 6.54 Å². The van der Waals surface area contributed by atoms with Gasteiger partial charge < -0.3 is 10.2 Å². The molecule has 3 rings (SSSR count). The summed E-state index contributed by atoms with van der Waals surface area (Å²) in [5.41, 5.74) is 2.43. The Morgan fingerprint density at radius 1 is 1.20 bits per heavy atom. The first-order chi connectivity index (χ1) is 12.0. The Balaban J connectivity index is 1.88. The smallest absolute Gasteiger partial charge is 0.272 e. The average Bonchev–Trinajstić information content (AvgIpc) is 2.93. The minimum atomic E-state index is -0.150. The van der Waals surface area contributed by atoms with E-state index in [-0.39, 0.29) is 5.91 Å². The van der Waals surface area contributed by atoms with E-state index in [2.05, 4.69) is 10.4 Å². The van der Waals surface area contributed by atoms with Gasteiger partial charge in [0, 0.05) is 23.5 Å². The molecular formula is C19H21ClN4O. The summed E-state index contributed by atoms with van der Waals surface area (Å²) in [6.45, 7) is 1.93. The Labute approximate surface area is 152 Å². The summed E-state index contributed by atoms with van der Waals surface area (Å²) in [5.74, 6) is -0.150. The Hall–Kier alpha value is -2.37. The molecule has 0 saturated heterocycles. The first-order valence-corrected chi connectivity index (χ1v) is 8.55. The number of para-hydroxylation sites is 1. The standard InChI is InChI=1S/C19H21ClN4O/c1-23(2)11-10-21-19(25)18-16-8-3-4-9-17(16)24(22-18)13-14-6-5-7-15(20)12-14/h3-9,12H,10-11,13H2,1-2H3,(H,21,25). The maximum Gasteiger partial charge on any atom is 0.272 e. The molecule has 0 aliphatic carbocycles. The third kappa shape index (κ3) is 4.18. The molecule has 1 amide bonds. The van der Waals surface area contributed by atoms with Crippen molar-refractivity contribution in [2.75, 3.05) is 27.2 Å². The molecule has 1 aromatic heterocycles. The lowest BCUT2D eigenvalue weighted by molar-refractivity contribution is 0.0947. The van der Waals surface area contributed by atoms with E-state index in [4.69, 9.17) is 11.6 Å². The van der Waals surface area contributed by atoms with E-state index in [0.717, 1.165) is 23.0 Å². The quantitative estimate of drug-likeness (QED) is 0.738. The zero-order chi connectivity index (χ0) is 17.8. The van der Waals surface area contributed by atoms with Crippen molar-refractivity contribution in [3.8, 4) is 0 Å². The van der Waals surface area contributed by atoms with Crippen molar-refractivity contribution in [3.05, 3.63) is 64.8 Å². The highest BCUT2D eigenvalue weighted by molar-refractivity contribution is 6.30. The summed E-state index contributed by atoms with van der Waals surface area (Å²) in [5, 5.41) is 9.04. The van der Waals surface area contributed by atoms with Gasteiger partial charge in [0.1, 0.15) is 0 Å².